The van der Waals surface area contributed by atoms with Crippen LogP contribution < -0.4 is 26.2 Å². The molecule has 0 radical (unpaired) electrons. The van der Waals surface area contributed by atoms with E-state index in [1.165, 1.54) is 11.0 Å². The van der Waals surface area contributed by atoms with Crippen molar-refractivity contribution in [1.82, 2.24) is 25.8 Å². The van der Waals surface area contributed by atoms with Crippen LogP contribution in [0, 0.1) is 11.6 Å². The van der Waals surface area contributed by atoms with Crippen molar-refractivity contribution in [2.45, 2.75) is 37.5 Å². The van der Waals surface area contributed by atoms with Gasteiger partial charge in [0.25, 0.3) is 29.5 Å². The summed E-state index contributed by atoms with van der Waals surface area (Å²) < 4.78 is 49.2. The molecule has 21 heteroatoms. The molecule has 1 aromatic heterocycles. The predicted octanol–water partition coefficient (Wildman–Crippen LogP) is 1.54. The van der Waals surface area contributed by atoms with Crippen LogP contribution in [0.5, 0.6) is 0 Å². The highest BCUT2D eigenvalue weighted by Gasteiger charge is 2.52. The van der Waals surface area contributed by atoms with Gasteiger partial charge in [-0.2, -0.15) is 0 Å². The smallest absolute Gasteiger partial charge is 0.268 e. The van der Waals surface area contributed by atoms with E-state index in [9.17, 15) is 47.4 Å². The Morgan fingerprint density at radius 2 is 1.43 bits per heavy atom. The Morgan fingerprint density at radius 1 is 0.769 bits per heavy atom. The van der Waals surface area contributed by atoms with E-state index in [-0.39, 0.29) is 73.8 Å². The number of aromatic amines is 1. The van der Waals surface area contributed by atoms with E-state index in [2.05, 4.69) is 26.3 Å². The van der Waals surface area contributed by atoms with Crippen molar-refractivity contribution in [3.05, 3.63) is 94.7 Å². The Balaban J connectivity index is 0.707. The molecule has 7 rings (SSSR count). The second-order valence-electron chi connectivity index (χ2n) is 15.3. The molecule has 2 atom stereocenters. The van der Waals surface area contributed by atoms with Gasteiger partial charge in [-0.05, 0) is 66.6 Å². The Hall–Kier alpha value is -6.65. The van der Waals surface area contributed by atoms with E-state index >= 15 is 0 Å². The Kier molecular flexibility index (Phi) is 14.9. The van der Waals surface area contributed by atoms with E-state index in [4.69, 9.17) is 18.9 Å². The molecular weight excluding hydrogens is 857 g/mol. The lowest BCUT2D eigenvalue weighted by Crippen LogP contribution is -2.54. The van der Waals surface area contributed by atoms with Crippen LogP contribution >= 0.6 is 0 Å². The van der Waals surface area contributed by atoms with E-state index in [0.717, 1.165) is 17.0 Å². The van der Waals surface area contributed by atoms with E-state index in [1.54, 1.807) is 36.4 Å². The summed E-state index contributed by atoms with van der Waals surface area (Å²) in [5.74, 6) is -6.09. The molecule has 65 heavy (non-hydrogen) atoms. The number of amides is 7. The normalized spacial score (nSPS) is 18.4. The number of benzene rings is 3. The summed E-state index contributed by atoms with van der Waals surface area (Å²) in [6, 6.07) is 13.1. The van der Waals surface area contributed by atoms with Crippen LogP contribution in [0.1, 0.15) is 56.0 Å². The molecule has 3 aliphatic rings. The first-order valence-corrected chi connectivity index (χ1v) is 20.9. The van der Waals surface area contributed by atoms with Crippen LogP contribution in [0.15, 0.2) is 60.7 Å². The summed E-state index contributed by atoms with van der Waals surface area (Å²) in [4.78, 5) is 93.7. The van der Waals surface area contributed by atoms with E-state index in [1.807, 2.05) is 0 Å². The standard InChI is InChI=1S/C44H47F2N7O12/c45-28-19-26(20-29(46)23-28)25-49-42(59)44(61)7-10-52(43(44)60)31-2-4-34-27(21-31)22-35(50-34)38(55)48-9-12-63-14-16-65-18-17-64-15-13-62-11-8-47-30-1-3-32-33(24-30)41(58)53(40(32)57)36-5-6-37(54)51-39(36)56/h1-4,19-24,36,47,50,61H,5-18,25H2,(H,48,55)(H,49,59)(H,51,54,56). The number of nitrogens with one attached hydrogen (secondary N) is 5. The molecule has 3 aliphatic heterocycles. The van der Waals surface area contributed by atoms with Crippen molar-refractivity contribution in [3.63, 3.8) is 0 Å². The Labute approximate surface area is 370 Å². The summed E-state index contributed by atoms with van der Waals surface area (Å²) in [5.41, 5.74) is 0.0563. The second-order valence-corrected chi connectivity index (χ2v) is 15.3. The van der Waals surface area contributed by atoms with Gasteiger partial charge in [-0.25, -0.2) is 8.78 Å². The largest absolute Gasteiger partial charge is 0.383 e. The number of piperidine rings is 1. The number of imide groups is 2. The van der Waals surface area contributed by atoms with Gasteiger partial charge in [0.2, 0.25) is 17.4 Å². The van der Waals surface area contributed by atoms with Crippen LogP contribution in [0.3, 0.4) is 0 Å². The Morgan fingerprint density at radius 3 is 2.12 bits per heavy atom. The van der Waals surface area contributed by atoms with E-state index < -0.39 is 58.7 Å². The van der Waals surface area contributed by atoms with Gasteiger partial charge in [0.1, 0.15) is 23.4 Å². The van der Waals surface area contributed by atoms with Gasteiger partial charge in [0.05, 0.1) is 64.0 Å². The van der Waals surface area contributed by atoms with Crippen LogP contribution in [-0.4, -0.2) is 140 Å². The second kappa shape index (κ2) is 20.9. The number of aliphatic hydroxyl groups is 1. The minimum absolute atomic E-state index is 0.0348. The summed E-state index contributed by atoms with van der Waals surface area (Å²) >= 11 is 0. The van der Waals surface area contributed by atoms with Gasteiger partial charge >= 0.3 is 0 Å². The molecule has 3 aromatic carbocycles. The monoisotopic (exact) mass is 903 g/mol. The molecule has 2 fully saturated rings. The maximum absolute atomic E-state index is 13.5. The highest BCUT2D eigenvalue weighted by molar-refractivity contribution is 6.24. The number of aromatic nitrogens is 1. The molecule has 2 saturated heterocycles. The number of fused-ring (bicyclic) bond motifs is 2. The number of hydrogen-bond acceptors (Lipinski definition) is 13. The number of carbonyl (C=O) groups is 7. The van der Waals surface area contributed by atoms with Gasteiger partial charge in [-0.1, -0.05) is 0 Å². The molecule has 7 amide bonds. The SMILES string of the molecule is O=C1CCC(N2C(=O)c3ccc(NCCOCCOCCOCCOCCNC(=O)c4cc5cc(N6CCC(O)(C(=O)NCc7cc(F)cc(F)c7)C6=O)ccc5[nH]4)cc3C2=O)C(=O)N1. The van der Waals surface area contributed by atoms with Crippen molar-refractivity contribution in [2.75, 3.05) is 82.7 Å². The minimum Gasteiger partial charge on any atom is -0.383 e. The summed E-state index contributed by atoms with van der Waals surface area (Å²) in [6.45, 7) is 2.98. The van der Waals surface area contributed by atoms with Gasteiger partial charge in [0, 0.05) is 67.4 Å². The topological polar surface area (TPSA) is 247 Å². The van der Waals surface area contributed by atoms with Crippen molar-refractivity contribution in [2.24, 2.45) is 0 Å². The Bertz CT molecular complexity index is 2460. The van der Waals surface area contributed by atoms with Crippen LogP contribution in [0.4, 0.5) is 20.2 Å². The third-order valence-corrected chi connectivity index (χ3v) is 10.9. The van der Waals surface area contributed by atoms with Crippen LogP contribution in [-0.2, 0) is 44.7 Å². The lowest BCUT2D eigenvalue weighted by Gasteiger charge is -2.27. The predicted molar refractivity (Wildman–Crippen MR) is 226 cm³/mol. The maximum atomic E-state index is 13.5. The number of ether oxygens (including phenoxy) is 4. The fraction of sp³-hybridized carbons (Fsp3) is 0.386. The average Bonchev–Trinajstić information content (AvgIpc) is 3.92. The van der Waals surface area contributed by atoms with Crippen molar-refractivity contribution < 1.29 is 66.4 Å². The first-order valence-electron chi connectivity index (χ1n) is 20.9. The molecule has 4 aromatic rings. The van der Waals surface area contributed by atoms with E-state index in [0.29, 0.717) is 81.1 Å². The van der Waals surface area contributed by atoms with Crippen LogP contribution in [0.25, 0.3) is 10.9 Å². The molecule has 6 N–H and O–H groups in total. The van der Waals surface area contributed by atoms with Gasteiger partial charge in [0.15, 0.2) is 0 Å². The fourth-order valence-electron chi connectivity index (χ4n) is 7.56. The maximum Gasteiger partial charge on any atom is 0.268 e. The molecule has 4 heterocycles. The van der Waals surface area contributed by atoms with Crippen molar-refractivity contribution in [3.8, 4) is 0 Å². The highest BCUT2D eigenvalue weighted by Crippen LogP contribution is 2.32. The molecule has 0 bridgehead atoms. The lowest BCUT2D eigenvalue weighted by molar-refractivity contribution is -0.149. The third-order valence-electron chi connectivity index (χ3n) is 10.9. The molecule has 344 valence electrons. The molecule has 0 saturated carbocycles. The zero-order chi connectivity index (χ0) is 46.1. The number of carbonyl (C=O) groups excluding carboxylic acids is 7. The summed E-state index contributed by atoms with van der Waals surface area (Å²) in [7, 11) is 0. The quantitative estimate of drug-likeness (QED) is 0.0373. The molecule has 2 unspecified atom stereocenters. The summed E-state index contributed by atoms with van der Waals surface area (Å²) in [6.07, 6.45) is -0.0652. The molecule has 0 aliphatic carbocycles. The zero-order valence-corrected chi connectivity index (χ0v) is 35.0. The third kappa shape index (κ3) is 11.0. The average molecular weight is 904 g/mol. The number of nitrogens with zero attached hydrogens (tertiary/aromatic N) is 2. The number of halogens is 2. The minimum atomic E-state index is -2.37. The lowest BCUT2D eigenvalue weighted by atomic mass is 10.0. The number of hydrogen-bond donors (Lipinski definition) is 6. The summed E-state index contributed by atoms with van der Waals surface area (Å²) in [5, 5.41) is 22.1. The van der Waals surface area contributed by atoms with Crippen LogP contribution in [0.2, 0.25) is 0 Å². The fourth-order valence-corrected chi connectivity index (χ4v) is 7.56. The molecular formula is C44H47F2N7O12. The van der Waals surface area contributed by atoms with Crippen molar-refractivity contribution in [1.29, 1.82) is 0 Å². The van der Waals surface area contributed by atoms with Crippen molar-refractivity contribution >= 4 is 63.6 Å². The molecule has 0 spiro atoms. The van der Waals surface area contributed by atoms with Gasteiger partial charge in [-0.15, -0.1) is 0 Å². The van der Waals surface area contributed by atoms with Gasteiger partial charge < -0.3 is 49.9 Å². The number of anilines is 2. The first-order chi connectivity index (χ1) is 31.3. The number of rotatable bonds is 22. The van der Waals surface area contributed by atoms with Gasteiger partial charge in [-0.3, -0.25) is 43.8 Å². The number of H-pyrrole nitrogens is 1. The zero-order valence-electron chi connectivity index (χ0n) is 35.0. The highest BCUT2D eigenvalue weighted by atomic mass is 19.1. The molecule has 19 nitrogen and oxygen atoms in total. The first kappa shape index (κ1) is 46.3.